The standard InChI is InChI=1S/C13H16F2N2O2/c14-13(15)5-3-12(19,4-6-13)9-17-11(18)10-2-1-7-16-8-10/h1-2,7-8,19H,3-6,9H2,(H,17,18). The molecule has 6 heteroatoms. The van der Waals surface area contributed by atoms with Gasteiger partial charge in [-0.2, -0.15) is 0 Å². The molecule has 0 atom stereocenters. The van der Waals surface area contributed by atoms with E-state index in [2.05, 4.69) is 10.3 Å². The number of halogens is 2. The topological polar surface area (TPSA) is 62.2 Å². The summed E-state index contributed by atoms with van der Waals surface area (Å²) < 4.78 is 26.0. The molecule has 1 saturated carbocycles. The van der Waals surface area contributed by atoms with Gasteiger partial charge in [0.1, 0.15) is 0 Å². The number of aromatic nitrogens is 1. The molecule has 0 spiro atoms. The fraction of sp³-hybridized carbons (Fsp3) is 0.538. The maximum atomic E-state index is 13.0. The first-order chi connectivity index (χ1) is 8.90. The van der Waals surface area contributed by atoms with Crippen molar-refractivity contribution in [2.24, 2.45) is 0 Å². The van der Waals surface area contributed by atoms with Crippen molar-refractivity contribution in [3.05, 3.63) is 30.1 Å². The van der Waals surface area contributed by atoms with Gasteiger partial charge in [0.25, 0.3) is 5.91 Å². The van der Waals surface area contributed by atoms with Gasteiger partial charge in [-0.15, -0.1) is 0 Å². The molecule has 1 aromatic heterocycles. The van der Waals surface area contributed by atoms with Crippen LogP contribution in [-0.2, 0) is 0 Å². The fourth-order valence-electron chi connectivity index (χ4n) is 2.10. The molecule has 104 valence electrons. The summed E-state index contributed by atoms with van der Waals surface area (Å²) >= 11 is 0. The Hall–Kier alpha value is -1.56. The highest BCUT2D eigenvalue weighted by Gasteiger charge is 2.42. The average molecular weight is 270 g/mol. The fourth-order valence-corrected chi connectivity index (χ4v) is 2.10. The van der Waals surface area contributed by atoms with Gasteiger partial charge in [-0.05, 0) is 25.0 Å². The van der Waals surface area contributed by atoms with Crippen molar-refractivity contribution in [1.82, 2.24) is 10.3 Å². The second kappa shape index (κ2) is 5.21. The SMILES string of the molecule is O=C(NCC1(O)CCC(F)(F)CC1)c1cccnc1. The minimum atomic E-state index is -2.69. The van der Waals surface area contributed by atoms with Crippen LogP contribution in [-0.4, -0.2) is 34.1 Å². The van der Waals surface area contributed by atoms with Gasteiger partial charge in [-0.3, -0.25) is 9.78 Å². The van der Waals surface area contributed by atoms with Crippen LogP contribution >= 0.6 is 0 Å². The van der Waals surface area contributed by atoms with Gasteiger partial charge in [-0.1, -0.05) is 0 Å². The van der Waals surface area contributed by atoms with Crippen molar-refractivity contribution in [3.63, 3.8) is 0 Å². The van der Waals surface area contributed by atoms with Crippen molar-refractivity contribution in [3.8, 4) is 0 Å². The molecule has 1 aliphatic carbocycles. The lowest BCUT2D eigenvalue weighted by Crippen LogP contribution is -2.47. The first kappa shape index (κ1) is 13.9. The Morgan fingerprint density at radius 1 is 1.37 bits per heavy atom. The van der Waals surface area contributed by atoms with E-state index in [0.29, 0.717) is 5.56 Å². The molecule has 1 aliphatic rings. The van der Waals surface area contributed by atoms with Gasteiger partial charge >= 0.3 is 0 Å². The molecule has 19 heavy (non-hydrogen) atoms. The number of hydrogen-bond donors (Lipinski definition) is 2. The number of nitrogens with zero attached hydrogens (tertiary/aromatic N) is 1. The van der Waals surface area contributed by atoms with Crippen molar-refractivity contribution < 1.29 is 18.7 Å². The van der Waals surface area contributed by atoms with Crippen LogP contribution in [0.3, 0.4) is 0 Å². The summed E-state index contributed by atoms with van der Waals surface area (Å²) in [4.78, 5) is 15.6. The first-order valence-corrected chi connectivity index (χ1v) is 6.19. The Bertz CT molecular complexity index is 441. The molecule has 2 N–H and O–H groups in total. The van der Waals surface area contributed by atoms with E-state index >= 15 is 0 Å². The second-order valence-electron chi connectivity index (χ2n) is 5.00. The summed E-state index contributed by atoms with van der Waals surface area (Å²) in [6.45, 7) is -0.0171. The van der Waals surface area contributed by atoms with Crippen molar-refractivity contribution in [1.29, 1.82) is 0 Å². The number of aliphatic hydroxyl groups is 1. The molecule has 2 rings (SSSR count). The Morgan fingerprint density at radius 3 is 2.63 bits per heavy atom. The Morgan fingerprint density at radius 2 is 2.05 bits per heavy atom. The van der Waals surface area contributed by atoms with Crippen LogP contribution in [0, 0.1) is 0 Å². The van der Waals surface area contributed by atoms with Gasteiger partial charge in [0.15, 0.2) is 0 Å². The third-order valence-electron chi connectivity index (χ3n) is 3.41. The summed E-state index contributed by atoms with van der Waals surface area (Å²) in [5, 5.41) is 12.7. The predicted octanol–water partition coefficient (Wildman–Crippen LogP) is 1.75. The third kappa shape index (κ3) is 3.70. The normalized spacial score (nSPS) is 20.8. The van der Waals surface area contributed by atoms with E-state index in [4.69, 9.17) is 0 Å². The largest absolute Gasteiger partial charge is 0.388 e. The van der Waals surface area contributed by atoms with Crippen LogP contribution in [0.4, 0.5) is 8.78 Å². The van der Waals surface area contributed by atoms with Gasteiger partial charge < -0.3 is 10.4 Å². The molecule has 1 fully saturated rings. The van der Waals surface area contributed by atoms with Gasteiger partial charge in [0.2, 0.25) is 5.92 Å². The Labute approximate surface area is 109 Å². The molecule has 0 bridgehead atoms. The van der Waals surface area contributed by atoms with E-state index in [1.807, 2.05) is 0 Å². The summed E-state index contributed by atoms with van der Waals surface area (Å²) in [7, 11) is 0. The summed E-state index contributed by atoms with van der Waals surface area (Å²) in [5.41, 5.74) is -0.855. The number of rotatable bonds is 3. The molecule has 1 amide bonds. The molecule has 1 aromatic rings. The Kier molecular flexibility index (Phi) is 3.80. The maximum absolute atomic E-state index is 13.0. The highest BCUT2D eigenvalue weighted by Crippen LogP contribution is 2.38. The van der Waals surface area contributed by atoms with E-state index in [1.54, 1.807) is 18.3 Å². The van der Waals surface area contributed by atoms with E-state index in [9.17, 15) is 18.7 Å². The van der Waals surface area contributed by atoms with E-state index in [1.165, 1.54) is 6.20 Å². The van der Waals surface area contributed by atoms with Crippen molar-refractivity contribution >= 4 is 5.91 Å². The number of hydrogen-bond acceptors (Lipinski definition) is 3. The molecule has 0 unspecified atom stereocenters. The van der Waals surface area contributed by atoms with Crippen LogP contribution in [0.2, 0.25) is 0 Å². The van der Waals surface area contributed by atoms with Gasteiger partial charge in [0.05, 0.1) is 11.2 Å². The van der Waals surface area contributed by atoms with E-state index < -0.39 is 11.5 Å². The van der Waals surface area contributed by atoms with Crippen LogP contribution in [0.1, 0.15) is 36.0 Å². The minimum absolute atomic E-state index is 0.00663. The summed E-state index contributed by atoms with van der Waals surface area (Å²) in [5.74, 6) is -3.06. The zero-order valence-corrected chi connectivity index (χ0v) is 10.4. The zero-order chi connectivity index (χ0) is 13.9. The molecular weight excluding hydrogens is 254 g/mol. The molecule has 4 nitrogen and oxygen atoms in total. The van der Waals surface area contributed by atoms with E-state index in [-0.39, 0.29) is 38.1 Å². The predicted molar refractivity (Wildman–Crippen MR) is 64.9 cm³/mol. The van der Waals surface area contributed by atoms with Crippen LogP contribution < -0.4 is 5.32 Å². The number of alkyl halides is 2. The first-order valence-electron chi connectivity index (χ1n) is 6.19. The molecule has 1 heterocycles. The molecular formula is C13H16F2N2O2. The second-order valence-corrected chi connectivity index (χ2v) is 5.00. The summed E-state index contributed by atoms with van der Waals surface area (Å²) in [6, 6.07) is 3.23. The minimum Gasteiger partial charge on any atom is -0.388 e. The lowest BCUT2D eigenvalue weighted by Gasteiger charge is -2.35. The molecule has 0 radical (unpaired) electrons. The number of nitrogens with one attached hydrogen (secondary N) is 1. The molecule has 0 aromatic carbocycles. The highest BCUT2D eigenvalue weighted by molar-refractivity contribution is 5.93. The number of carbonyl (C=O) groups excluding carboxylic acids is 1. The van der Waals surface area contributed by atoms with Gasteiger partial charge in [0, 0.05) is 31.8 Å². The quantitative estimate of drug-likeness (QED) is 0.879. The number of amides is 1. The highest BCUT2D eigenvalue weighted by atomic mass is 19.3. The van der Waals surface area contributed by atoms with Gasteiger partial charge in [-0.25, -0.2) is 8.78 Å². The van der Waals surface area contributed by atoms with Crippen LogP contribution in [0.15, 0.2) is 24.5 Å². The van der Waals surface area contributed by atoms with Crippen LogP contribution in [0.25, 0.3) is 0 Å². The van der Waals surface area contributed by atoms with Crippen molar-refractivity contribution in [2.75, 3.05) is 6.54 Å². The summed E-state index contributed by atoms with van der Waals surface area (Å²) in [6.07, 6.45) is 2.26. The van der Waals surface area contributed by atoms with E-state index in [0.717, 1.165) is 0 Å². The number of pyridine rings is 1. The number of carbonyl (C=O) groups is 1. The smallest absolute Gasteiger partial charge is 0.252 e. The lowest BCUT2D eigenvalue weighted by molar-refractivity contribution is -0.101. The average Bonchev–Trinajstić information content (AvgIpc) is 2.41. The molecule has 0 aliphatic heterocycles. The zero-order valence-electron chi connectivity index (χ0n) is 10.4. The van der Waals surface area contributed by atoms with Crippen LogP contribution in [0.5, 0.6) is 0 Å². The third-order valence-corrected chi connectivity index (χ3v) is 3.41. The van der Waals surface area contributed by atoms with Crippen molar-refractivity contribution in [2.45, 2.75) is 37.2 Å². The molecule has 0 saturated heterocycles. The monoisotopic (exact) mass is 270 g/mol. The Balaban J connectivity index is 1.87. The lowest BCUT2D eigenvalue weighted by atomic mass is 9.82. The maximum Gasteiger partial charge on any atom is 0.252 e.